The molecule has 16 heavy (non-hydrogen) atoms. The van der Waals surface area contributed by atoms with Gasteiger partial charge in [-0.15, -0.1) is 0 Å². The van der Waals surface area contributed by atoms with E-state index in [0.29, 0.717) is 5.41 Å². The van der Waals surface area contributed by atoms with Gasteiger partial charge in [-0.25, -0.2) is 0 Å². The Hall–Kier alpha value is -0.830. The lowest BCUT2D eigenvalue weighted by Gasteiger charge is -2.19. The zero-order chi connectivity index (χ0) is 11.6. The summed E-state index contributed by atoms with van der Waals surface area (Å²) in [5.74, 6) is 0.818. The normalized spacial score (nSPS) is 18.0. The Kier molecular flexibility index (Phi) is 3.33. The van der Waals surface area contributed by atoms with Gasteiger partial charge in [0.1, 0.15) is 0 Å². The van der Waals surface area contributed by atoms with Crippen LogP contribution in [0.1, 0.15) is 32.3 Å². The Labute approximate surface area is 98.2 Å². The van der Waals surface area contributed by atoms with E-state index in [-0.39, 0.29) is 0 Å². The summed E-state index contributed by atoms with van der Waals surface area (Å²) in [6.45, 7) is 6.94. The Morgan fingerprint density at radius 3 is 2.75 bits per heavy atom. The van der Waals surface area contributed by atoms with E-state index in [9.17, 15) is 0 Å². The fourth-order valence-electron chi connectivity index (χ4n) is 2.29. The van der Waals surface area contributed by atoms with Gasteiger partial charge in [-0.2, -0.15) is 5.10 Å². The van der Waals surface area contributed by atoms with E-state index in [1.54, 1.807) is 0 Å². The molecule has 0 radical (unpaired) electrons. The number of hydrogen-bond donors (Lipinski definition) is 1. The van der Waals surface area contributed by atoms with Crippen LogP contribution in [0.3, 0.4) is 0 Å². The molecule has 1 aromatic heterocycles. The highest BCUT2D eigenvalue weighted by atomic mass is 15.2. The van der Waals surface area contributed by atoms with Crippen molar-refractivity contribution < 1.29 is 0 Å². The quantitative estimate of drug-likeness (QED) is 0.745. The first kappa shape index (κ1) is 11.6. The summed E-state index contributed by atoms with van der Waals surface area (Å²) in [5, 5.41) is 7.76. The molecule has 1 aliphatic carbocycles. The molecule has 1 N–H and O–H groups in total. The minimum absolute atomic E-state index is 0.620. The van der Waals surface area contributed by atoms with E-state index in [4.69, 9.17) is 0 Å². The molecule has 1 fully saturated rings. The summed E-state index contributed by atoms with van der Waals surface area (Å²) < 4.78 is 1.87. The molecular formula is C13H23N3. The molecule has 0 atom stereocenters. The summed E-state index contributed by atoms with van der Waals surface area (Å²) in [6.07, 6.45) is 7.95. The van der Waals surface area contributed by atoms with Crippen LogP contribution < -0.4 is 5.32 Å². The van der Waals surface area contributed by atoms with Gasteiger partial charge in [0.15, 0.2) is 0 Å². The van der Waals surface area contributed by atoms with E-state index in [1.807, 2.05) is 17.9 Å². The standard InChI is InChI=1S/C13H23N3/c1-11(2)13(5-6-13)10-14-7-4-12-8-15-16(3)9-12/h8-9,11,14H,4-7,10H2,1-3H3. The zero-order valence-corrected chi connectivity index (χ0v) is 10.7. The average molecular weight is 221 g/mol. The molecule has 0 aliphatic heterocycles. The molecule has 0 aromatic carbocycles. The minimum Gasteiger partial charge on any atom is -0.316 e. The highest BCUT2D eigenvalue weighted by Crippen LogP contribution is 2.51. The maximum Gasteiger partial charge on any atom is 0.0522 e. The summed E-state index contributed by atoms with van der Waals surface area (Å²) in [7, 11) is 1.97. The van der Waals surface area contributed by atoms with Gasteiger partial charge in [0.05, 0.1) is 6.20 Å². The molecule has 0 amide bonds. The number of nitrogens with zero attached hydrogens (tertiary/aromatic N) is 2. The zero-order valence-electron chi connectivity index (χ0n) is 10.7. The largest absolute Gasteiger partial charge is 0.316 e. The summed E-state index contributed by atoms with van der Waals surface area (Å²) in [5.41, 5.74) is 1.94. The van der Waals surface area contributed by atoms with Crippen LogP contribution in [0.25, 0.3) is 0 Å². The van der Waals surface area contributed by atoms with Crippen LogP contribution in [0.5, 0.6) is 0 Å². The summed E-state index contributed by atoms with van der Waals surface area (Å²) >= 11 is 0. The van der Waals surface area contributed by atoms with Crippen LogP contribution in [0.2, 0.25) is 0 Å². The average Bonchev–Trinajstić information content (AvgIpc) is 2.92. The Bertz CT molecular complexity index is 337. The highest BCUT2D eigenvalue weighted by molar-refractivity contribution is 5.04. The Balaban J connectivity index is 1.66. The second kappa shape index (κ2) is 4.58. The van der Waals surface area contributed by atoms with Gasteiger partial charge in [0.2, 0.25) is 0 Å². The molecule has 0 spiro atoms. The van der Waals surface area contributed by atoms with E-state index in [0.717, 1.165) is 18.9 Å². The molecule has 2 rings (SSSR count). The SMILES string of the molecule is CC(C)C1(CNCCc2cnn(C)c2)CC1. The molecule has 0 bridgehead atoms. The molecule has 1 aliphatic rings. The van der Waals surface area contributed by atoms with Crippen molar-refractivity contribution in [2.75, 3.05) is 13.1 Å². The van der Waals surface area contributed by atoms with Crippen LogP contribution in [-0.2, 0) is 13.5 Å². The van der Waals surface area contributed by atoms with Gasteiger partial charge in [0, 0.05) is 19.8 Å². The van der Waals surface area contributed by atoms with E-state index < -0.39 is 0 Å². The smallest absolute Gasteiger partial charge is 0.0522 e. The second-order valence-corrected chi connectivity index (χ2v) is 5.47. The summed E-state index contributed by atoms with van der Waals surface area (Å²) in [4.78, 5) is 0. The lowest BCUT2D eigenvalue weighted by atomic mass is 9.92. The first-order valence-corrected chi connectivity index (χ1v) is 6.31. The Morgan fingerprint density at radius 1 is 1.50 bits per heavy atom. The van der Waals surface area contributed by atoms with Crippen molar-refractivity contribution in [2.24, 2.45) is 18.4 Å². The predicted molar refractivity (Wildman–Crippen MR) is 66.3 cm³/mol. The van der Waals surface area contributed by atoms with Gasteiger partial charge in [-0.05, 0) is 42.7 Å². The first-order chi connectivity index (χ1) is 7.62. The monoisotopic (exact) mass is 221 g/mol. The molecular weight excluding hydrogens is 198 g/mol. The minimum atomic E-state index is 0.620. The lowest BCUT2D eigenvalue weighted by Crippen LogP contribution is -2.29. The first-order valence-electron chi connectivity index (χ1n) is 6.31. The van der Waals surface area contributed by atoms with Crippen LogP contribution in [-0.4, -0.2) is 22.9 Å². The van der Waals surface area contributed by atoms with Crippen molar-refractivity contribution >= 4 is 0 Å². The van der Waals surface area contributed by atoms with Gasteiger partial charge < -0.3 is 5.32 Å². The van der Waals surface area contributed by atoms with Crippen LogP contribution in [0, 0.1) is 11.3 Å². The predicted octanol–water partition coefficient (Wildman–Crippen LogP) is 1.99. The number of aryl methyl sites for hydroxylation is 1. The molecule has 3 heteroatoms. The van der Waals surface area contributed by atoms with Crippen molar-refractivity contribution in [2.45, 2.75) is 33.1 Å². The molecule has 1 heterocycles. The van der Waals surface area contributed by atoms with Crippen molar-refractivity contribution in [1.82, 2.24) is 15.1 Å². The van der Waals surface area contributed by atoms with Crippen LogP contribution in [0.15, 0.2) is 12.4 Å². The van der Waals surface area contributed by atoms with Gasteiger partial charge in [-0.1, -0.05) is 13.8 Å². The fraction of sp³-hybridized carbons (Fsp3) is 0.769. The fourth-order valence-corrected chi connectivity index (χ4v) is 2.29. The topological polar surface area (TPSA) is 29.9 Å². The summed E-state index contributed by atoms with van der Waals surface area (Å²) in [6, 6.07) is 0. The van der Waals surface area contributed by atoms with Crippen LogP contribution >= 0.6 is 0 Å². The third-order valence-electron chi connectivity index (χ3n) is 3.94. The van der Waals surface area contributed by atoms with Crippen molar-refractivity contribution in [1.29, 1.82) is 0 Å². The van der Waals surface area contributed by atoms with Crippen molar-refractivity contribution in [3.05, 3.63) is 18.0 Å². The van der Waals surface area contributed by atoms with Crippen LogP contribution in [0.4, 0.5) is 0 Å². The number of rotatable bonds is 6. The van der Waals surface area contributed by atoms with Gasteiger partial charge in [0.25, 0.3) is 0 Å². The third-order valence-corrected chi connectivity index (χ3v) is 3.94. The molecule has 90 valence electrons. The lowest BCUT2D eigenvalue weighted by molar-refractivity contribution is 0.339. The van der Waals surface area contributed by atoms with Gasteiger partial charge in [-0.3, -0.25) is 4.68 Å². The number of aromatic nitrogens is 2. The number of hydrogen-bond acceptors (Lipinski definition) is 2. The van der Waals surface area contributed by atoms with Crippen molar-refractivity contribution in [3.8, 4) is 0 Å². The molecule has 0 saturated heterocycles. The van der Waals surface area contributed by atoms with Crippen molar-refractivity contribution in [3.63, 3.8) is 0 Å². The van der Waals surface area contributed by atoms with E-state index >= 15 is 0 Å². The highest BCUT2D eigenvalue weighted by Gasteiger charge is 2.44. The molecule has 0 unspecified atom stereocenters. The molecule has 1 saturated carbocycles. The molecule has 1 aromatic rings. The second-order valence-electron chi connectivity index (χ2n) is 5.47. The Morgan fingerprint density at radius 2 is 2.25 bits per heavy atom. The maximum absolute atomic E-state index is 4.17. The third kappa shape index (κ3) is 2.64. The van der Waals surface area contributed by atoms with Gasteiger partial charge >= 0.3 is 0 Å². The maximum atomic E-state index is 4.17. The molecule has 3 nitrogen and oxygen atoms in total. The number of nitrogens with one attached hydrogen (secondary N) is 1. The van der Waals surface area contributed by atoms with E-state index in [1.165, 1.54) is 24.9 Å². The van der Waals surface area contributed by atoms with E-state index in [2.05, 4.69) is 30.5 Å².